The van der Waals surface area contributed by atoms with Crippen LogP contribution in [0.3, 0.4) is 0 Å². The summed E-state index contributed by atoms with van der Waals surface area (Å²) in [5, 5.41) is 13.0. The fourth-order valence-corrected chi connectivity index (χ4v) is 6.06. The van der Waals surface area contributed by atoms with Crippen LogP contribution in [0.15, 0.2) is 103 Å². The molecule has 0 spiro atoms. The van der Waals surface area contributed by atoms with Gasteiger partial charge >= 0.3 is 12.1 Å². The average Bonchev–Trinajstić information content (AvgIpc) is 3.03. The molecule has 4 aromatic rings. The van der Waals surface area contributed by atoms with Gasteiger partial charge in [0.05, 0.1) is 23.1 Å². The fraction of sp³-hybridized carbons (Fsp3) is 0.324. The minimum atomic E-state index is -4.56. The number of benzene rings is 4. The van der Waals surface area contributed by atoms with Crippen molar-refractivity contribution in [3.8, 4) is 5.75 Å². The first-order valence-corrected chi connectivity index (χ1v) is 15.7. The predicted molar refractivity (Wildman–Crippen MR) is 173 cm³/mol. The van der Waals surface area contributed by atoms with Crippen LogP contribution in [0.2, 0.25) is 5.02 Å². The molecule has 0 aliphatic carbocycles. The van der Waals surface area contributed by atoms with Gasteiger partial charge in [0.15, 0.2) is 0 Å². The molecular weight excluding hydrogens is 599 g/mol. The van der Waals surface area contributed by atoms with Crippen molar-refractivity contribution >= 4 is 17.6 Å². The zero-order chi connectivity index (χ0) is 32.3. The molecule has 0 saturated heterocycles. The van der Waals surface area contributed by atoms with Crippen LogP contribution in [0.5, 0.6) is 5.75 Å². The van der Waals surface area contributed by atoms with Crippen molar-refractivity contribution < 1.29 is 27.8 Å². The summed E-state index contributed by atoms with van der Waals surface area (Å²) in [6.45, 7) is 3.48. The lowest BCUT2D eigenvalue weighted by Gasteiger charge is -2.36. The van der Waals surface area contributed by atoms with Gasteiger partial charge < -0.3 is 15.2 Å². The Balaban J connectivity index is 1.50. The van der Waals surface area contributed by atoms with E-state index < -0.39 is 29.0 Å². The molecule has 8 heteroatoms. The Morgan fingerprint density at radius 2 is 1.53 bits per heavy atom. The van der Waals surface area contributed by atoms with Crippen molar-refractivity contribution in [2.75, 3.05) is 19.7 Å². The second-order valence-corrected chi connectivity index (χ2v) is 11.6. The molecule has 4 aromatic carbocycles. The van der Waals surface area contributed by atoms with E-state index in [1.54, 1.807) is 12.1 Å². The summed E-state index contributed by atoms with van der Waals surface area (Å²) in [6, 6.07) is 30.9. The Kier molecular flexibility index (Phi) is 12.1. The maximum Gasteiger partial charge on any atom is 0.417 e. The minimum absolute atomic E-state index is 0.253. The number of hydrogen-bond acceptors (Lipinski definition) is 3. The van der Waals surface area contributed by atoms with Gasteiger partial charge in [-0.1, -0.05) is 116 Å². The molecule has 0 radical (unpaired) electrons. The summed E-state index contributed by atoms with van der Waals surface area (Å²) in [5.41, 5.74) is 1.52. The van der Waals surface area contributed by atoms with Crippen molar-refractivity contribution in [1.82, 2.24) is 5.32 Å². The van der Waals surface area contributed by atoms with Gasteiger partial charge in [0, 0.05) is 12.0 Å². The summed E-state index contributed by atoms with van der Waals surface area (Å²) in [6.07, 6.45) is -1.31. The topological polar surface area (TPSA) is 58.6 Å². The molecule has 0 amide bonds. The van der Waals surface area contributed by atoms with E-state index in [1.165, 1.54) is 6.07 Å². The summed E-state index contributed by atoms with van der Waals surface area (Å²) in [5.74, 6) is -0.779. The average molecular weight is 638 g/mol. The highest BCUT2D eigenvalue weighted by molar-refractivity contribution is 6.32. The van der Waals surface area contributed by atoms with Crippen LogP contribution in [0, 0.1) is 0 Å². The first kappa shape index (κ1) is 34.1. The number of aliphatic carboxylic acids is 1. The van der Waals surface area contributed by atoms with Crippen molar-refractivity contribution in [2.24, 2.45) is 0 Å². The number of carboxylic acid groups (broad SMARTS) is 1. The molecule has 0 aromatic heterocycles. The zero-order valence-electron chi connectivity index (χ0n) is 25.3. The second kappa shape index (κ2) is 16.0. The zero-order valence-corrected chi connectivity index (χ0v) is 26.1. The van der Waals surface area contributed by atoms with Gasteiger partial charge in [-0.05, 0) is 66.3 Å². The summed E-state index contributed by atoms with van der Waals surface area (Å²) in [4.78, 5) is 11.8. The summed E-state index contributed by atoms with van der Waals surface area (Å²) >= 11 is 6.42. The Bertz CT molecular complexity index is 1470. The van der Waals surface area contributed by atoms with Crippen LogP contribution < -0.4 is 10.1 Å². The summed E-state index contributed by atoms with van der Waals surface area (Å²) in [7, 11) is 0. The highest BCUT2D eigenvalue weighted by atomic mass is 35.5. The van der Waals surface area contributed by atoms with Crippen molar-refractivity contribution in [1.29, 1.82) is 0 Å². The van der Waals surface area contributed by atoms with Crippen LogP contribution in [0.4, 0.5) is 13.2 Å². The highest BCUT2D eigenvalue weighted by Crippen LogP contribution is 2.41. The molecule has 238 valence electrons. The van der Waals surface area contributed by atoms with Crippen LogP contribution in [0.1, 0.15) is 66.3 Å². The standard InChI is InChI=1S/C37H39ClF3NO3/c1-2-3-20-32(35(43)44)27-13-10-19-31(24-27)45-23-12-22-42-26-36(29-15-6-4-7-16-29,30-17-8-5-9-18-30)25-28-14-11-21-33(34(28)38)37(39,40)41/h4-11,13-19,21,24,32,42H,2-3,12,20,22-23,25-26H2,1H3,(H,43,44). The molecular formula is C37H39ClF3NO3. The lowest BCUT2D eigenvalue weighted by molar-refractivity contribution is -0.139. The number of alkyl halides is 3. The van der Waals surface area contributed by atoms with Gasteiger partial charge in [0.25, 0.3) is 0 Å². The van der Waals surface area contributed by atoms with Crippen molar-refractivity contribution in [3.05, 3.63) is 136 Å². The van der Waals surface area contributed by atoms with E-state index in [-0.39, 0.29) is 11.4 Å². The number of ether oxygens (including phenoxy) is 1. The van der Waals surface area contributed by atoms with Crippen LogP contribution >= 0.6 is 11.6 Å². The van der Waals surface area contributed by atoms with Crippen LogP contribution in [0.25, 0.3) is 0 Å². The Hall–Kier alpha value is -3.81. The van der Waals surface area contributed by atoms with Gasteiger partial charge in [0.2, 0.25) is 0 Å². The third-order valence-corrected chi connectivity index (χ3v) is 8.57. The maximum absolute atomic E-state index is 13.8. The first-order chi connectivity index (χ1) is 21.7. The Labute approximate surface area is 268 Å². The number of halogens is 4. The lowest BCUT2D eigenvalue weighted by Crippen LogP contribution is -2.42. The van der Waals surface area contributed by atoms with E-state index in [0.717, 1.165) is 35.6 Å². The molecule has 0 aliphatic heterocycles. The van der Waals surface area contributed by atoms with Crippen molar-refractivity contribution in [2.45, 2.75) is 56.5 Å². The monoisotopic (exact) mass is 637 g/mol. The normalized spacial score (nSPS) is 12.6. The number of hydrogen-bond donors (Lipinski definition) is 2. The molecule has 4 nitrogen and oxygen atoms in total. The van der Waals surface area contributed by atoms with Gasteiger partial charge in [-0.25, -0.2) is 0 Å². The van der Waals surface area contributed by atoms with E-state index in [9.17, 15) is 23.1 Å². The third-order valence-electron chi connectivity index (χ3n) is 8.13. The van der Waals surface area contributed by atoms with Crippen LogP contribution in [-0.2, 0) is 22.8 Å². The Morgan fingerprint density at radius 1 is 0.889 bits per heavy atom. The van der Waals surface area contributed by atoms with Crippen molar-refractivity contribution in [3.63, 3.8) is 0 Å². The number of rotatable bonds is 16. The molecule has 45 heavy (non-hydrogen) atoms. The largest absolute Gasteiger partial charge is 0.494 e. The first-order valence-electron chi connectivity index (χ1n) is 15.3. The molecule has 2 N–H and O–H groups in total. The van der Waals surface area contributed by atoms with Gasteiger partial charge in [-0.15, -0.1) is 0 Å². The second-order valence-electron chi connectivity index (χ2n) is 11.3. The Morgan fingerprint density at radius 3 is 2.13 bits per heavy atom. The van der Waals surface area contributed by atoms with Crippen LogP contribution in [-0.4, -0.2) is 30.8 Å². The summed E-state index contributed by atoms with van der Waals surface area (Å²) < 4.78 is 47.3. The number of carboxylic acids is 1. The molecule has 0 bridgehead atoms. The van der Waals surface area contributed by atoms with E-state index in [4.69, 9.17) is 16.3 Å². The quantitative estimate of drug-likeness (QED) is 0.120. The number of carbonyl (C=O) groups is 1. The van der Waals surface area contributed by atoms with Gasteiger partial charge in [-0.2, -0.15) is 13.2 Å². The predicted octanol–water partition coefficient (Wildman–Crippen LogP) is 9.30. The SMILES string of the molecule is CCCCC(C(=O)O)c1cccc(OCCCNCC(Cc2cccc(C(F)(F)F)c2Cl)(c2ccccc2)c2ccccc2)c1. The molecule has 4 rings (SSSR count). The molecule has 0 saturated carbocycles. The maximum atomic E-state index is 13.8. The van der Waals surface area contributed by atoms with E-state index in [1.807, 2.05) is 85.8 Å². The van der Waals surface area contributed by atoms with E-state index in [2.05, 4.69) is 5.32 Å². The number of unbranched alkanes of at least 4 members (excludes halogenated alkanes) is 1. The molecule has 1 unspecified atom stereocenters. The highest BCUT2D eigenvalue weighted by Gasteiger charge is 2.38. The third kappa shape index (κ3) is 8.89. The van der Waals surface area contributed by atoms with Gasteiger partial charge in [0.1, 0.15) is 5.75 Å². The number of nitrogens with one attached hydrogen (secondary N) is 1. The van der Waals surface area contributed by atoms with Gasteiger partial charge in [-0.3, -0.25) is 4.79 Å². The molecule has 0 heterocycles. The molecule has 1 atom stereocenters. The smallest absolute Gasteiger partial charge is 0.417 e. The van der Waals surface area contributed by atoms with E-state index in [0.29, 0.717) is 43.9 Å². The fourth-order valence-electron chi connectivity index (χ4n) is 5.76. The molecule has 0 aliphatic rings. The minimum Gasteiger partial charge on any atom is -0.494 e. The lowest BCUT2D eigenvalue weighted by atomic mass is 9.70. The molecule has 0 fully saturated rings. The van der Waals surface area contributed by atoms with E-state index >= 15 is 0 Å².